The molecule has 0 aromatic rings. The van der Waals surface area contributed by atoms with Gasteiger partial charge in [0, 0.05) is 18.7 Å². The molecule has 2 N–H and O–H groups in total. The molecule has 3 atom stereocenters. The Labute approximate surface area is 94.0 Å². The molecular weight excluding hydrogens is 188 g/mol. The van der Waals surface area contributed by atoms with E-state index in [0.717, 1.165) is 26.0 Å². The molecule has 0 amide bonds. The maximum absolute atomic E-state index is 5.90. The summed E-state index contributed by atoms with van der Waals surface area (Å²) in [5.74, 6) is 0. The third-order valence-corrected chi connectivity index (χ3v) is 3.51. The number of nitrogens with zero attached hydrogens (tertiary/aromatic N) is 1. The first-order valence-corrected chi connectivity index (χ1v) is 6.22. The molecule has 3 heteroatoms. The lowest BCUT2D eigenvalue weighted by Gasteiger charge is -2.26. The number of rotatable bonds is 6. The average Bonchev–Trinajstić information content (AvgIpc) is 2.64. The minimum atomic E-state index is 0.385. The van der Waals surface area contributed by atoms with Crippen molar-refractivity contribution in [1.29, 1.82) is 0 Å². The standard InChI is InChI=1S/C12H26N2O/c1-4-11(13)6-5-8-14(3)12-7-9-15-10(12)2/h10-12H,4-9,13H2,1-3H3. The maximum Gasteiger partial charge on any atom is 0.0702 e. The Morgan fingerprint density at radius 1 is 1.53 bits per heavy atom. The summed E-state index contributed by atoms with van der Waals surface area (Å²) in [6.07, 6.45) is 5.01. The molecule has 3 unspecified atom stereocenters. The van der Waals surface area contributed by atoms with E-state index in [-0.39, 0.29) is 0 Å². The van der Waals surface area contributed by atoms with Crippen LogP contribution < -0.4 is 5.73 Å². The van der Waals surface area contributed by atoms with E-state index in [1.807, 2.05) is 0 Å². The fraction of sp³-hybridized carbons (Fsp3) is 1.00. The number of ether oxygens (including phenoxy) is 1. The van der Waals surface area contributed by atoms with Crippen molar-refractivity contribution in [3.8, 4) is 0 Å². The Morgan fingerprint density at radius 2 is 2.27 bits per heavy atom. The molecule has 0 aromatic heterocycles. The molecule has 1 rings (SSSR count). The van der Waals surface area contributed by atoms with Crippen LogP contribution >= 0.6 is 0 Å². The van der Waals surface area contributed by atoms with Crippen LogP contribution in [0, 0.1) is 0 Å². The van der Waals surface area contributed by atoms with Crippen LogP contribution in [-0.2, 0) is 4.74 Å². The van der Waals surface area contributed by atoms with Crippen LogP contribution in [0.15, 0.2) is 0 Å². The second-order valence-electron chi connectivity index (χ2n) is 4.72. The van der Waals surface area contributed by atoms with Gasteiger partial charge in [0.1, 0.15) is 0 Å². The first-order chi connectivity index (χ1) is 7.15. The van der Waals surface area contributed by atoms with Crippen molar-refractivity contribution in [2.45, 2.75) is 57.7 Å². The van der Waals surface area contributed by atoms with Crippen molar-refractivity contribution < 1.29 is 4.74 Å². The molecular formula is C12H26N2O. The van der Waals surface area contributed by atoms with Gasteiger partial charge in [-0.15, -0.1) is 0 Å². The average molecular weight is 214 g/mol. The number of nitrogens with two attached hydrogens (primary N) is 1. The van der Waals surface area contributed by atoms with Gasteiger partial charge in [0.05, 0.1) is 6.10 Å². The molecule has 0 spiro atoms. The van der Waals surface area contributed by atoms with Crippen LogP contribution in [0.5, 0.6) is 0 Å². The third kappa shape index (κ3) is 4.09. The Hall–Kier alpha value is -0.120. The highest BCUT2D eigenvalue weighted by atomic mass is 16.5. The quantitative estimate of drug-likeness (QED) is 0.730. The number of likely N-dealkylation sites (N-methyl/N-ethyl adjacent to an activating group) is 1. The molecule has 0 radical (unpaired) electrons. The van der Waals surface area contributed by atoms with E-state index in [9.17, 15) is 0 Å². The molecule has 1 fully saturated rings. The van der Waals surface area contributed by atoms with Gasteiger partial charge in [0.25, 0.3) is 0 Å². The van der Waals surface area contributed by atoms with Crippen LogP contribution in [0.3, 0.4) is 0 Å². The highest BCUT2D eigenvalue weighted by molar-refractivity contribution is 4.80. The van der Waals surface area contributed by atoms with Gasteiger partial charge in [-0.05, 0) is 46.2 Å². The second kappa shape index (κ2) is 6.46. The minimum absolute atomic E-state index is 0.385. The lowest BCUT2D eigenvalue weighted by atomic mass is 10.1. The molecule has 1 saturated heterocycles. The van der Waals surface area contributed by atoms with Crippen molar-refractivity contribution >= 4 is 0 Å². The van der Waals surface area contributed by atoms with Gasteiger partial charge >= 0.3 is 0 Å². The Morgan fingerprint density at radius 3 is 2.80 bits per heavy atom. The fourth-order valence-corrected chi connectivity index (χ4v) is 2.27. The van der Waals surface area contributed by atoms with Gasteiger partial charge in [-0.3, -0.25) is 0 Å². The summed E-state index contributed by atoms with van der Waals surface area (Å²) in [7, 11) is 2.20. The van der Waals surface area contributed by atoms with E-state index in [1.165, 1.54) is 12.8 Å². The molecule has 1 heterocycles. The minimum Gasteiger partial charge on any atom is -0.377 e. The lowest BCUT2D eigenvalue weighted by molar-refractivity contribution is 0.0830. The van der Waals surface area contributed by atoms with Crippen LogP contribution in [0.2, 0.25) is 0 Å². The number of hydrogen-bond acceptors (Lipinski definition) is 3. The van der Waals surface area contributed by atoms with Gasteiger partial charge < -0.3 is 15.4 Å². The highest BCUT2D eigenvalue weighted by Crippen LogP contribution is 2.18. The van der Waals surface area contributed by atoms with Crippen LogP contribution in [0.1, 0.15) is 39.5 Å². The van der Waals surface area contributed by atoms with Crippen LogP contribution in [0.4, 0.5) is 0 Å². The van der Waals surface area contributed by atoms with Gasteiger partial charge in [0.2, 0.25) is 0 Å². The molecule has 0 saturated carbocycles. The Bertz CT molecular complexity index is 175. The molecule has 1 aliphatic rings. The molecule has 1 aliphatic heterocycles. The summed E-state index contributed by atoms with van der Waals surface area (Å²) in [6, 6.07) is 0.999. The first-order valence-electron chi connectivity index (χ1n) is 6.22. The van der Waals surface area contributed by atoms with Crippen molar-refractivity contribution in [3.63, 3.8) is 0 Å². The summed E-state index contributed by atoms with van der Waals surface area (Å²) < 4.78 is 5.57. The molecule has 3 nitrogen and oxygen atoms in total. The molecule has 0 aromatic carbocycles. The summed E-state index contributed by atoms with van der Waals surface area (Å²) >= 11 is 0. The summed E-state index contributed by atoms with van der Waals surface area (Å²) in [4.78, 5) is 2.43. The van der Waals surface area contributed by atoms with Gasteiger partial charge in [0.15, 0.2) is 0 Å². The zero-order valence-electron chi connectivity index (χ0n) is 10.4. The first kappa shape index (κ1) is 12.9. The van der Waals surface area contributed by atoms with E-state index in [4.69, 9.17) is 10.5 Å². The SMILES string of the molecule is CCC(N)CCCN(C)C1CCOC1C. The van der Waals surface area contributed by atoms with Gasteiger partial charge in [-0.25, -0.2) is 0 Å². The summed E-state index contributed by atoms with van der Waals surface area (Å²) in [5, 5.41) is 0. The van der Waals surface area contributed by atoms with E-state index >= 15 is 0 Å². The summed E-state index contributed by atoms with van der Waals surface area (Å²) in [5.41, 5.74) is 5.90. The third-order valence-electron chi connectivity index (χ3n) is 3.51. The Balaban J connectivity index is 2.15. The van der Waals surface area contributed by atoms with E-state index in [1.54, 1.807) is 0 Å². The molecule has 0 bridgehead atoms. The summed E-state index contributed by atoms with van der Waals surface area (Å²) in [6.45, 7) is 6.39. The topological polar surface area (TPSA) is 38.5 Å². The normalized spacial score (nSPS) is 28.6. The van der Waals surface area contributed by atoms with E-state index in [0.29, 0.717) is 18.2 Å². The van der Waals surface area contributed by atoms with Crippen LogP contribution in [-0.4, -0.2) is 43.3 Å². The zero-order chi connectivity index (χ0) is 11.3. The fourth-order valence-electron chi connectivity index (χ4n) is 2.27. The van der Waals surface area contributed by atoms with Gasteiger partial charge in [-0.2, -0.15) is 0 Å². The van der Waals surface area contributed by atoms with Crippen LogP contribution in [0.25, 0.3) is 0 Å². The maximum atomic E-state index is 5.90. The van der Waals surface area contributed by atoms with Crippen molar-refractivity contribution in [2.75, 3.05) is 20.2 Å². The van der Waals surface area contributed by atoms with Crippen molar-refractivity contribution in [3.05, 3.63) is 0 Å². The van der Waals surface area contributed by atoms with E-state index < -0.39 is 0 Å². The molecule has 15 heavy (non-hydrogen) atoms. The molecule has 0 aliphatic carbocycles. The number of hydrogen-bond donors (Lipinski definition) is 1. The van der Waals surface area contributed by atoms with E-state index in [2.05, 4.69) is 25.8 Å². The predicted molar refractivity (Wildman–Crippen MR) is 63.9 cm³/mol. The van der Waals surface area contributed by atoms with Crippen molar-refractivity contribution in [2.24, 2.45) is 5.73 Å². The molecule has 90 valence electrons. The zero-order valence-corrected chi connectivity index (χ0v) is 10.4. The predicted octanol–water partition coefficient (Wildman–Crippen LogP) is 1.61. The Kier molecular flexibility index (Phi) is 5.58. The monoisotopic (exact) mass is 214 g/mol. The van der Waals surface area contributed by atoms with Crippen molar-refractivity contribution in [1.82, 2.24) is 4.90 Å². The smallest absolute Gasteiger partial charge is 0.0702 e. The second-order valence-corrected chi connectivity index (χ2v) is 4.72. The lowest BCUT2D eigenvalue weighted by Crippen LogP contribution is -2.37. The largest absolute Gasteiger partial charge is 0.377 e. The van der Waals surface area contributed by atoms with Gasteiger partial charge in [-0.1, -0.05) is 6.92 Å². The highest BCUT2D eigenvalue weighted by Gasteiger charge is 2.27.